The van der Waals surface area contributed by atoms with Gasteiger partial charge in [0.15, 0.2) is 11.5 Å². The molecular formula is C28H28N2O4. The van der Waals surface area contributed by atoms with Crippen LogP contribution >= 0.6 is 0 Å². The highest BCUT2D eigenvalue weighted by Gasteiger charge is 2.47. The van der Waals surface area contributed by atoms with Gasteiger partial charge in [-0.3, -0.25) is 9.59 Å². The molecule has 34 heavy (non-hydrogen) atoms. The number of amides is 2. The number of aryl methyl sites for hydroxylation is 1. The summed E-state index contributed by atoms with van der Waals surface area (Å²) in [6.07, 6.45) is 1.69. The highest BCUT2D eigenvalue weighted by Crippen LogP contribution is 2.48. The number of rotatable bonds is 5. The van der Waals surface area contributed by atoms with E-state index in [2.05, 4.69) is 18.3 Å². The summed E-state index contributed by atoms with van der Waals surface area (Å²) in [5.41, 5.74) is 5.26. The molecule has 0 radical (unpaired) electrons. The molecule has 2 heterocycles. The number of carbonyl (C=O) groups is 2. The SMILES string of the molecule is CCc1ccc(NC(=O)[C@@H]2c3cc(OC)c(OC)cc3C(=O)N3CCc4ccccc4[C@H]23)cc1. The Bertz CT molecular complexity index is 1250. The number of fused-ring (bicyclic) bond motifs is 4. The Morgan fingerprint density at radius 3 is 2.41 bits per heavy atom. The molecule has 2 aliphatic heterocycles. The summed E-state index contributed by atoms with van der Waals surface area (Å²) in [6.45, 7) is 2.66. The topological polar surface area (TPSA) is 67.9 Å². The fourth-order valence-corrected chi connectivity index (χ4v) is 5.18. The van der Waals surface area contributed by atoms with E-state index in [0.717, 1.165) is 24.1 Å². The Morgan fingerprint density at radius 1 is 1.00 bits per heavy atom. The van der Waals surface area contributed by atoms with E-state index < -0.39 is 12.0 Å². The Hall–Kier alpha value is -3.80. The molecule has 6 nitrogen and oxygen atoms in total. The van der Waals surface area contributed by atoms with E-state index in [1.807, 2.05) is 47.4 Å². The lowest BCUT2D eigenvalue weighted by Gasteiger charge is -2.45. The van der Waals surface area contributed by atoms with Crippen molar-refractivity contribution in [2.45, 2.75) is 31.7 Å². The minimum atomic E-state index is -0.597. The number of carbonyl (C=O) groups excluding carboxylic acids is 2. The normalized spacial score (nSPS) is 18.4. The summed E-state index contributed by atoms with van der Waals surface area (Å²) in [4.78, 5) is 29.3. The van der Waals surface area contributed by atoms with Gasteiger partial charge in [-0.1, -0.05) is 43.3 Å². The minimum absolute atomic E-state index is 0.0909. The fraction of sp³-hybridized carbons (Fsp3) is 0.286. The van der Waals surface area contributed by atoms with Crippen molar-refractivity contribution in [3.05, 3.63) is 88.5 Å². The molecule has 0 bridgehead atoms. The molecular weight excluding hydrogens is 428 g/mol. The average Bonchev–Trinajstić information content (AvgIpc) is 2.88. The van der Waals surface area contributed by atoms with Crippen molar-refractivity contribution in [2.75, 3.05) is 26.1 Å². The van der Waals surface area contributed by atoms with E-state index in [9.17, 15) is 9.59 Å². The van der Waals surface area contributed by atoms with Crippen LogP contribution < -0.4 is 14.8 Å². The van der Waals surface area contributed by atoms with Crippen LogP contribution in [0.4, 0.5) is 5.69 Å². The van der Waals surface area contributed by atoms with Gasteiger partial charge in [0.05, 0.1) is 26.2 Å². The Kier molecular flexibility index (Phi) is 5.74. The van der Waals surface area contributed by atoms with Crippen LogP contribution in [0, 0.1) is 0 Å². The van der Waals surface area contributed by atoms with Gasteiger partial charge < -0.3 is 19.7 Å². The molecule has 0 aliphatic carbocycles. The molecule has 174 valence electrons. The molecule has 1 N–H and O–H groups in total. The maximum Gasteiger partial charge on any atom is 0.254 e. The van der Waals surface area contributed by atoms with Gasteiger partial charge in [0.25, 0.3) is 5.91 Å². The summed E-state index contributed by atoms with van der Waals surface area (Å²) in [5, 5.41) is 3.10. The Morgan fingerprint density at radius 2 is 1.71 bits per heavy atom. The van der Waals surface area contributed by atoms with E-state index in [1.54, 1.807) is 26.4 Å². The summed E-state index contributed by atoms with van der Waals surface area (Å²) in [5.74, 6) is 0.125. The van der Waals surface area contributed by atoms with Crippen LogP contribution in [0.3, 0.4) is 0 Å². The Balaban J connectivity index is 1.65. The summed E-state index contributed by atoms with van der Waals surface area (Å²) < 4.78 is 11.0. The molecule has 3 aromatic carbocycles. The second-order valence-electron chi connectivity index (χ2n) is 8.70. The number of ether oxygens (including phenoxy) is 2. The molecule has 0 spiro atoms. The number of methoxy groups -OCH3 is 2. The van der Waals surface area contributed by atoms with Crippen molar-refractivity contribution in [3.8, 4) is 11.5 Å². The van der Waals surface area contributed by atoms with Gasteiger partial charge >= 0.3 is 0 Å². The zero-order valence-corrected chi connectivity index (χ0v) is 19.6. The first-order valence-corrected chi connectivity index (χ1v) is 11.6. The van der Waals surface area contributed by atoms with Crippen molar-refractivity contribution >= 4 is 17.5 Å². The molecule has 0 unspecified atom stereocenters. The number of anilines is 1. The number of nitrogens with zero attached hydrogens (tertiary/aromatic N) is 1. The molecule has 6 heteroatoms. The maximum atomic E-state index is 13.9. The first-order valence-electron chi connectivity index (χ1n) is 11.6. The zero-order chi connectivity index (χ0) is 23.8. The van der Waals surface area contributed by atoms with Gasteiger partial charge in [0.2, 0.25) is 5.91 Å². The maximum absolute atomic E-state index is 13.9. The molecule has 5 rings (SSSR count). The molecule has 2 aliphatic rings. The van der Waals surface area contributed by atoms with Crippen molar-refractivity contribution in [1.82, 2.24) is 4.90 Å². The summed E-state index contributed by atoms with van der Waals surface area (Å²) >= 11 is 0. The van der Waals surface area contributed by atoms with Crippen molar-refractivity contribution in [3.63, 3.8) is 0 Å². The fourth-order valence-electron chi connectivity index (χ4n) is 5.18. The predicted octanol–water partition coefficient (Wildman–Crippen LogP) is 4.74. The van der Waals surface area contributed by atoms with E-state index in [4.69, 9.17) is 9.47 Å². The highest BCUT2D eigenvalue weighted by atomic mass is 16.5. The molecule has 0 aromatic heterocycles. The number of benzene rings is 3. The largest absolute Gasteiger partial charge is 0.493 e. The molecule has 2 amide bonds. The van der Waals surface area contributed by atoms with E-state index in [0.29, 0.717) is 29.2 Å². The standard InChI is InChI=1S/C28H28N2O4/c1-4-17-9-11-19(12-10-17)29-27(31)25-21-15-23(33-2)24(34-3)16-22(21)28(32)30-14-13-18-7-5-6-8-20(18)26(25)30/h5-12,15-16,25-26H,4,13-14H2,1-3H3,(H,29,31)/t25-,26-/m1/s1. The van der Waals surface area contributed by atoms with E-state index in [1.165, 1.54) is 11.1 Å². The van der Waals surface area contributed by atoms with Crippen molar-refractivity contribution in [2.24, 2.45) is 0 Å². The zero-order valence-electron chi connectivity index (χ0n) is 19.6. The van der Waals surface area contributed by atoms with Crippen LogP contribution in [-0.2, 0) is 17.6 Å². The van der Waals surface area contributed by atoms with Crippen LogP contribution in [0.5, 0.6) is 11.5 Å². The lowest BCUT2D eigenvalue weighted by atomic mass is 9.75. The van der Waals surface area contributed by atoms with E-state index in [-0.39, 0.29) is 11.8 Å². The molecule has 0 fully saturated rings. The third-order valence-electron chi connectivity index (χ3n) is 6.94. The third-order valence-corrected chi connectivity index (χ3v) is 6.94. The first-order chi connectivity index (χ1) is 16.5. The monoisotopic (exact) mass is 456 g/mol. The quantitative estimate of drug-likeness (QED) is 0.602. The van der Waals surface area contributed by atoms with Gasteiger partial charge in [-0.2, -0.15) is 0 Å². The number of hydrogen-bond donors (Lipinski definition) is 1. The highest BCUT2D eigenvalue weighted by molar-refractivity contribution is 6.05. The van der Waals surface area contributed by atoms with Gasteiger partial charge in [-0.05, 0) is 59.4 Å². The van der Waals surface area contributed by atoms with Crippen LogP contribution in [-0.4, -0.2) is 37.5 Å². The summed E-state index contributed by atoms with van der Waals surface area (Å²) in [7, 11) is 3.10. The second-order valence-corrected chi connectivity index (χ2v) is 8.70. The van der Waals surface area contributed by atoms with Gasteiger partial charge in [0.1, 0.15) is 0 Å². The third kappa shape index (κ3) is 3.59. The van der Waals surface area contributed by atoms with E-state index >= 15 is 0 Å². The van der Waals surface area contributed by atoms with Gasteiger partial charge in [-0.25, -0.2) is 0 Å². The van der Waals surface area contributed by atoms with Gasteiger partial charge in [0, 0.05) is 17.8 Å². The minimum Gasteiger partial charge on any atom is -0.493 e. The molecule has 0 saturated heterocycles. The van der Waals surface area contributed by atoms with Crippen LogP contribution in [0.1, 0.15) is 51.5 Å². The van der Waals surface area contributed by atoms with Crippen LogP contribution in [0.2, 0.25) is 0 Å². The predicted molar refractivity (Wildman–Crippen MR) is 131 cm³/mol. The lowest BCUT2D eigenvalue weighted by Crippen LogP contribution is -2.49. The summed E-state index contributed by atoms with van der Waals surface area (Å²) in [6, 6.07) is 19.1. The van der Waals surface area contributed by atoms with Crippen molar-refractivity contribution in [1.29, 1.82) is 0 Å². The second kappa shape index (κ2) is 8.86. The lowest BCUT2D eigenvalue weighted by molar-refractivity contribution is -0.119. The smallest absolute Gasteiger partial charge is 0.254 e. The Labute approximate surface area is 199 Å². The number of hydrogen-bond acceptors (Lipinski definition) is 4. The molecule has 0 saturated carbocycles. The van der Waals surface area contributed by atoms with Gasteiger partial charge in [-0.15, -0.1) is 0 Å². The van der Waals surface area contributed by atoms with Crippen molar-refractivity contribution < 1.29 is 19.1 Å². The molecule has 2 atom stereocenters. The average molecular weight is 457 g/mol. The molecule has 3 aromatic rings. The number of nitrogens with one attached hydrogen (secondary N) is 1. The first kappa shape index (κ1) is 22.0. The van der Waals surface area contributed by atoms with Crippen LogP contribution in [0.25, 0.3) is 0 Å². The van der Waals surface area contributed by atoms with Crippen LogP contribution in [0.15, 0.2) is 60.7 Å².